The van der Waals surface area contributed by atoms with Gasteiger partial charge in [0.1, 0.15) is 0 Å². The summed E-state index contributed by atoms with van der Waals surface area (Å²) in [5.41, 5.74) is 2.59. The zero-order valence-corrected chi connectivity index (χ0v) is 15.6. The highest BCUT2D eigenvalue weighted by molar-refractivity contribution is 7.92. The van der Waals surface area contributed by atoms with Crippen molar-refractivity contribution in [3.05, 3.63) is 90.3 Å². The van der Waals surface area contributed by atoms with Crippen molar-refractivity contribution in [1.82, 2.24) is 10.3 Å². The zero-order chi connectivity index (χ0) is 18.7. The van der Waals surface area contributed by atoms with Gasteiger partial charge in [0.2, 0.25) is 0 Å². The van der Waals surface area contributed by atoms with Crippen LogP contribution < -0.4 is 9.62 Å². The number of hydrogen-bond acceptors (Lipinski definition) is 4. The van der Waals surface area contributed by atoms with E-state index in [1.54, 1.807) is 18.3 Å². The Morgan fingerprint density at radius 3 is 2.56 bits per heavy atom. The van der Waals surface area contributed by atoms with Gasteiger partial charge < -0.3 is 5.32 Å². The monoisotopic (exact) mass is 379 g/mol. The Hall–Kier alpha value is -2.70. The second kappa shape index (κ2) is 7.50. The zero-order valence-electron chi connectivity index (χ0n) is 14.8. The molecule has 1 aliphatic rings. The molecule has 0 unspecified atom stereocenters. The van der Waals surface area contributed by atoms with E-state index in [1.807, 2.05) is 60.8 Å². The largest absolute Gasteiger partial charge is 0.306 e. The summed E-state index contributed by atoms with van der Waals surface area (Å²) < 4.78 is 28.2. The fourth-order valence-electron chi connectivity index (χ4n) is 3.46. The van der Waals surface area contributed by atoms with Crippen LogP contribution in [0.4, 0.5) is 5.69 Å². The molecule has 0 saturated heterocycles. The summed E-state index contributed by atoms with van der Waals surface area (Å²) >= 11 is 0. The molecular formula is C21H21N3O2S. The highest BCUT2D eigenvalue weighted by Crippen LogP contribution is 2.34. The summed E-state index contributed by atoms with van der Waals surface area (Å²) in [5.74, 6) is 0. The normalized spacial score (nSPS) is 18.5. The number of rotatable bonds is 4. The first-order valence-corrected chi connectivity index (χ1v) is 10.4. The van der Waals surface area contributed by atoms with Gasteiger partial charge in [-0.3, -0.25) is 9.29 Å². The van der Waals surface area contributed by atoms with Crippen molar-refractivity contribution in [2.24, 2.45) is 0 Å². The molecule has 0 spiro atoms. The van der Waals surface area contributed by atoms with Crippen LogP contribution in [0.25, 0.3) is 0 Å². The SMILES string of the molecule is O=S1(=O)c2ccccc2[C@H](NCc2cccnc2)CCN1c1ccccc1. The molecule has 138 valence electrons. The third-order valence-electron chi connectivity index (χ3n) is 4.80. The van der Waals surface area contributed by atoms with E-state index >= 15 is 0 Å². The summed E-state index contributed by atoms with van der Waals surface area (Å²) in [6.07, 6.45) is 4.25. The highest BCUT2D eigenvalue weighted by atomic mass is 32.2. The van der Waals surface area contributed by atoms with E-state index in [0.29, 0.717) is 30.1 Å². The molecule has 2 aromatic carbocycles. The van der Waals surface area contributed by atoms with Gasteiger partial charge in [0.25, 0.3) is 10.0 Å². The molecule has 0 amide bonds. The lowest BCUT2D eigenvalue weighted by molar-refractivity contribution is 0.503. The second-order valence-corrected chi connectivity index (χ2v) is 8.36. The molecule has 1 atom stereocenters. The number of anilines is 1. The Morgan fingerprint density at radius 2 is 1.78 bits per heavy atom. The van der Waals surface area contributed by atoms with Gasteiger partial charge in [-0.15, -0.1) is 0 Å². The summed E-state index contributed by atoms with van der Waals surface area (Å²) in [7, 11) is -3.61. The van der Waals surface area contributed by atoms with E-state index in [1.165, 1.54) is 4.31 Å². The standard InChI is InChI=1S/C21H21N3O2S/c25-27(26)21-11-5-4-10-19(21)20(23-16-17-7-6-13-22-15-17)12-14-24(27)18-8-2-1-3-9-18/h1-11,13,15,20,23H,12,14,16H2/t20-/m1/s1. The quantitative estimate of drug-likeness (QED) is 0.753. The smallest absolute Gasteiger partial charge is 0.264 e. The molecule has 1 aromatic heterocycles. The van der Waals surface area contributed by atoms with Gasteiger partial charge in [0.05, 0.1) is 10.6 Å². The number of aromatic nitrogens is 1. The van der Waals surface area contributed by atoms with Crippen molar-refractivity contribution < 1.29 is 8.42 Å². The lowest BCUT2D eigenvalue weighted by Gasteiger charge is -2.22. The Labute approximate surface area is 159 Å². The van der Waals surface area contributed by atoms with E-state index < -0.39 is 10.0 Å². The van der Waals surface area contributed by atoms with Gasteiger partial charge >= 0.3 is 0 Å². The van der Waals surface area contributed by atoms with Crippen molar-refractivity contribution in [3.63, 3.8) is 0 Å². The number of para-hydroxylation sites is 1. The fourth-order valence-corrected chi connectivity index (χ4v) is 5.20. The molecule has 0 radical (unpaired) electrons. The first kappa shape index (κ1) is 17.7. The van der Waals surface area contributed by atoms with E-state index in [2.05, 4.69) is 10.3 Å². The van der Waals surface area contributed by atoms with Gasteiger partial charge in [0, 0.05) is 31.5 Å². The molecule has 1 aliphatic heterocycles. The topological polar surface area (TPSA) is 62.3 Å². The number of sulfonamides is 1. The lowest BCUT2D eigenvalue weighted by Crippen LogP contribution is -2.31. The van der Waals surface area contributed by atoms with E-state index in [9.17, 15) is 8.42 Å². The first-order chi connectivity index (χ1) is 13.2. The predicted octanol–water partition coefficient (Wildman–Crippen LogP) is 3.51. The molecule has 6 heteroatoms. The molecule has 5 nitrogen and oxygen atoms in total. The second-order valence-electron chi connectivity index (χ2n) is 6.53. The van der Waals surface area contributed by atoms with Crippen LogP contribution >= 0.6 is 0 Å². The third kappa shape index (κ3) is 3.59. The van der Waals surface area contributed by atoms with Crippen LogP contribution in [0.3, 0.4) is 0 Å². The number of nitrogens with zero attached hydrogens (tertiary/aromatic N) is 2. The minimum Gasteiger partial charge on any atom is -0.306 e. The first-order valence-electron chi connectivity index (χ1n) is 8.95. The molecule has 4 rings (SSSR count). The van der Waals surface area contributed by atoms with Gasteiger partial charge in [-0.05, 0) is 41.8 Å². The summed E-state index contributed by atoms with van der Waals surface area (Å²) in [6.45, 7) is 1.06. The van der Waals surface area contributed by atoms with E-state index in [4.69, 9.17) is 0 Å². The molecule has 0 fully saturated rings. The van der Waals surface area contributed by atoms with Gasteiger partial charge in [-0.1, -0.05) is 42.5 Å². The lowest BCUT2D eigenvalue weighted by atomic mass is 10.0. The Morgan fingerprint density at radius 1 is 1.00 bits per heavy atom. The van der Waals surface area contributed by atoms with E-state index in [-0.39, 0.29) is 6.04 Å². The third-order valence-corrected chi connectivity index (χ3v) is 6.70. The Bertz CT molecular complexity index is 1010. The summed E-state index contributed by atoms with van der Waals surface area (Å²) in [4.78, 5) is 4.51. The summed E-state index contributed by atoms with van der Waals surface area (Å²) in [5, 5.41) is 3.51. The molecule has 2 heterocycles. The molecule has 0 saturated carbocycles. The molecule has 0 aliphatic carbocycles. The molecule has 1 N–H and O–H groups in total. The number of benzene rings is 2. The minimum absolute atomic E-state index is 0.0510. The maximum absolute atomic E-state index is 13.3. The summed E-state index contributed by atoms with van der Waals surface area (Å²) in [6, 6.07) is 20.4. The van der Waals surface area contributed by atoms with Crippen LogP contribution in [0.2, 0.25) is 0 Å². The fraction of sp³-hybridized carbons (Fsp3) is 0.190. The van der Waals surface area contributed by atoms with Crippen molar-refractivity contribution in [3.8, 4) is 0 Å². The van der Waals surface area contributed by atoms with Crippen molar-refractivity contribution in [1.29, 1.82) is 0 Å². The average Bonchev–Trinajstić information content (AvgIpc) is 2.82. The van der Waals surface area contributed by atoms with Gasteiger partial charge in [-0.2, -0.15) is 0 Å². The number of hydrogen-bond donors (Lipinski definition) is 1. The van der Waals surface area contributed by atoms with E-state index in [0.717, 1.165) is 11.1 Å². The highest BCUT2D eigenvalue weighted by Gasteiger charge is 2.33. The van der Waals surface area contributed by atoms with Crippen LogP contribution in [0.15, 0.2) is 84.0 Å². The number of fused-ring (bicyclic) bond motifs is 1. The molecule has 0 bridgehead atoms. The number of pyridine rings is 1. The van der Waals surface area contributed by atoms with Crippen LogP contribution in [0.5, 0.6) is 0 Å². The number of nitrogens with one attached hydrogen (secondary N) is 1. The van der Waals surface area contributed by atoms with Crippen molar-refractivity contribution in [2.75, 3.05) is 10.8 Å². The van der Waals surface area contributed by atoms with Crippen LogP contribution in [0.1, 0.15) is 23.6 Å². The Kier molecular flexibility index (Phi) is 4.92. The minimum atomic E-state index is -3.61. The van der Waals surface area contributed by atoms with Gasteiger partial charge in [-0.25, -0.2) is 8.42 Å². The predicted molar refractivity (Wildman–Crippen MR) is 106 cm³/mol. The van der Waals surface area contributed by atoms with Gasteiger partial charge in [0.15, 0.2) is 0 Å². The van der Waals surface area contributed by atoms with Crippen LogP contribution in [-0.4, -0.2) is 19.9 Å². The van der Waals surface area contributed by atoms with Crippen molar-refractivity contribution in [2.45, 2.75) is 23.9 Å². The van der Waals surface area contributed by atoms with Crippen LogP contribution in [-0.2, 0) is 16.6 Å². The maximum atomic E-state index is 13.3. The average molecular weight is 379 g/mol. The maximum Gasteiger partial charge on any atom is 0.264 e. The Balaban J connectivity index is 1.69. The van der Waals surface area contributed by atoms with Crippen molar-refractivity contribution >= 4 is 15.7 Å². The molecular weight excluding hydrogens is 358 g/mol. The molecule has 27 heavy (non-hydrogen) atoms. The molecule has 3 aromatic rings. The van der Waals surface area contributed by atoms with Crippen LogP contribution in [0, 0.1) is 0 Å².